The minimum Gasteiger partial charge on any atom is -0.397 e. The van der Waals surface area contributed by atoms with Crippen LogP contribution in [0.3, 0.4) is 0 Å². The first kappa shape index (κ1) is 11.3. The highest BCUT2D eigenvalue weighted by Gasteiger charge is 2.14. The molecule has 1 aromatic rings. The number of rotatable bonds is 3. The van der Waals surface area contributed by atoms with Gasteiger partial charge < -0.3 is 15.7 Å². The Balaban J connectivity index is 3.09. The van der Waals surface area contributed by atoms with Gasteiger partial charge in [-0.3, -0.25) is 0 Å². The van der Waals surface area contributed by atoms with Crippen molar-refractivity contribution >= 4 is 11.5 Å². The molecule has 1 atom stereocenters. The maximum atomic E-state index is 9.01. The van der Waals surface area contributed by atoms with Gasteiger partial charge in [0.1, 0.15) is 11.9 Å². The zero-order valence-corrected chi connectivity index (χ0v) is 8.81. The highest BCUT2D eigenvalue weighted by Crippen LogP contribution is 2.19. The maximum Gasteiger partial charge on any atom is 0.146 e. The van der Waals surface area contributed by atoms with Crippen molar-refractivity contribution in [1.82, 2.24) is 4.98 Å². The molecule has 15 heavy (non-hydrogen) atoms. The number of nitriles is 1. The van der Waals surface area contributed by atoms with E-state index < -0.39 is 0 Å². The van der Waals surface area contributed by atoms with Crippen LogP contribution in [0.5, 0.6) is 0 Å². The molecule has 0 bridgehead atoms. The van der Waals surface area contributed by atoms with Crippen LogP contribution in [0.2, 0.25) is 0 Å². The summed E-state index contributed by atoms with van der Waals surface area (Å²) in [6.07, 6.45) is 1.50. The van der Waals surface area contributed by atoms with E-state index in [1.54, 1.807) is 18.0 Å². The molecule has 1 heterocycles. The predicted octanol–water partition coefficient (Wildman–Crippen LogP) is 0.352. The normalized spacial score (nSPS) is 11.9. The second kappa shape index (κ2) is 4.62. The largest absolute Gasteiger partial charge is 0.397 e. The summed E-state index contributed by atoms with van der Waals surface area (Å²) in [4.78, 5) is 5.83. The Morgan fingerprint density at radius 2 is 2.40 bits per heavy atom. The van der Waals surface area contributed by atoms with Crippen molar-refractivity contribution in [1.29, 1.82) is 5.26 Å². The summed E-state index contributed by atoms with van der Waals surface area (Å²) in [5.41, 5.74) is 6.40. The summed E-state index contributed by atoms with van der Waals surface area (Å²) in [5.74, 6) is 0.535. The molecular weight excluding hydrogens is 192 g/mol. The molecule has 80 valence electrons. The van der Waals surface area contributed by atoms with E-state index in [0.29, 0.717) is 17.1 Å². The molecule has 0 saturated carbocycles. The van der Waals surface area contributed by atoms with Gasteiger partial charge in [-0.2, -0.15) is 5.26 Å². The summed E-state index contributed by atoms with van der Waals surface area (Å²) in [6.45, 7) is 1.85. The van der Waals surface area contributed by atoms with Crippen molar-refractivity contribution in [2.75, 3.05) is 24.3 Å². The van der Waals surface area contributed by atoms with Gasteiger partial charge in [0.2, 0.25) is 0 Å². The Kier molecular flexibility index (Phi) is 3.47. The lowest BCUT2D eigenvalue weighted by Gasteiger charge is -2.24. The Bertz CT molecular complexity index is 385. The fourth-order valence-corrected chi connectivity index (χ4v) is 1.17. The summed E-state index contributed by atoms with van der Waals surface area (Å²) >= 11 is 0. The molecule has 0 saturated heterocycles. The van der Waals surface area contributed by atoms with Gasteiger partial charge in [-0.15, -0.1) is 0 Å². The fourth-order valence-electron chi connectivity index (χ4n) is 1.17. The van der Waals surface area contributed by atoms with Gasteiger partial charge in [0.15, 0.2) is 0 Å². The zero-order valence-electron chi connectivity index (χ0n) is 8.81. The van der Waals surface area contributed by atoms with Crippen molar-refractivity contribution in [2.24, 2.45) is 0 Å². The van der Waals surface area contributed by atoms with E-state index in [2.05, 4.69) is 4.98 Å². The molecule has 0 fully saturated rings. The van der Waals surface area contributed by atoms with Crippen molar-refractivity contribution in [3.8, 4) is 6.07 Å². The molecule has 0 radical (unpaired) electrons. The van der Waals surface area contributed by atoms with Crippen LogP contribution in [-0.4, -0.2) is 29.8 Å². The van der Waals surface area contributed by atoms with E-state index in [1.165, 1.54) is 6.20 Å². The van der Waals surface area contributed by atoms with Gasteiger partial charge >= 0.3 is 0 Å². The van der Waals surface area contributed by atoms with Crippen molar-refractivity contribution in [3.63, 3.8) is 0 Å². The number of pyridine rings is 1. The van der Waals surface area contributed by atoms with Crippen LogP contribution in [-0.2, 0) is 0 Å². The quantitative estimate of drug-likeness (QED) is 0.745. The second-order valence-electron chi connectivity index (χ2n) is 3.39. The second-order valence-corrected chi connectivity index (χ2v) is 3.39. The highest BCUT2D eigenvalue weighted by molar-refractivity contribution is 5.58. The van der Waals surface area contributed by atoms with E-state index in [9.17, 15) is 0 Å². The molecule has 1 aromatic heterocycles. The standard InChI is InChI=1S/C10H14N4O/c1-7(6-15)14(2)10-8(4-11)3-9(12)5-13-10/h3,5,7,15H,6,12H2,1-2H3. The van der Waals surface area contributed by atoms with Gasteiger partial charge in [-0.05, 0) is 13.0 Å². The number of aromatic nitrogens is 1. The molecule has 0 spiro atoms. The molecule has 1 unspecified atom stereocenters. The van der Waals surface area contributed by atoms with Crippen molar-refractivity contribution in [2.45, 2.75) is 13.0 Å². The number of anilines is 2. The number of aliphatic hydroxyl groups is 1. The zero-order chi connectivity index (χ0) is 11.4. The van der Waals surface area contributed by atoms with Crippen molar-refractivity contribution < 1.29 is 5.11 Å². The number of aliphatic hydroxyl groups excluding tert-OH is 1. The smallest absolute Gasteiger partial charge is 0.146 e. The lowest BCUT2D eigenvalue weighted by atomic mass is 10.2. The van der Waals surface area contributed by atoms with E-state index in [1.807, 2.05) is 13.0 Å². The third-order valence-corrected chi connectivity index (χ3v) is 2.27. The van der Waals surface area contributed by atoms with E-state index in [-0.39, 0.29) is 12.6 Å². The van der Waals surface area contributed by atoms with Gasteiger partial charge in [-0.25, -0.2) is 4.98 Å². The lowest BCUT2D eigenvalue weighted by molar-refractivity contribution is 0.270. The lowest BCUT2D eigenvalue weighted by Crippen LogP contribution is -2.33. The number of likely N-dealkylation sites (N-methyl/N-ethyl adjacent to an activating group) is 1. The average molecular weight is 206 g/mol. The third kappa shape index (κ3) is 2.36. The molecule has 0 aromatic carbocycles. The summed E-state index contributed by atoms with van der Waals surface area (Å²) < 4.78 is 0. The first-order valence-electron chi connectivity index (χ1n) is 4.59. The monoisotopic (exact) mass is 206 g/mol. The minimum atomic E-state index is -0.0896. The van der Waals surface area contributed by atoms with Crippen molar-refractivity contribution in [3.05, 3.63) is 17.8 Å². The van der Waals surface area contributed by atoms with Gasteiger partial charge in [0, 0.05) is 7.05 Å². The molecule has 0 aliphatic carbocycles. The van der Waals surface area contributed by atoms with Gasteiger partial charge in [0.05, 0.1) is 30.1 Å². The number of hydrogen-bond acceptors (Lipinski definition) is 5. The molecule has 0 amide bonds. The Morgan fingerprint density at radius 3 is 2.93 bits per heavy atom. The number of nitrogens with two attached hydrogens (primary N) is 1. The molecular formula is C10H14N4O. The number of nitrogens with zero attached hydrogens (tertiary/aromatic N) is 3. The summed E-state index contributed by atoms with van der Waals surface area (Å²) in [6, 6.07) is 3.51. The summed E-state index contributed by atoms with van der Waals surface area (Å²) in [7, 11) is 1.78. The topological polar surface area (TPSA) is 86.2 Å². The molecule has 5 nitrogen and oxygen atoms in total. The van der Waals surface area contributed by atoms with Crippen LogP contribution >= 0.6 is 0 Å². The first-order chi connectivity index (χ1) is 7.10. The van der Waals surface area contributed by atoms with E-state index in [0.717, 1.165) is 0 Å². The van der Waals surface area contributed by atoms with Crippen LogP contribution in [0, 0.1) is 11.3 Å². The predicted molar refractivity (Wildman–Crippen MR) is 58.3 cm³/mol. The Morgan fingerprint density at radius 1 is 1.73 bits per heavy atom. The maximum absolute atomic E-state index is 9.01. The van der Waals surface area contributed by atoms with Crippen LogP contribution < -0.4 is 10.6 Å². The SMILES string of the molecule is CC(CO)N(C)c1ncc(N)cc1C#N. The van der Waals surface area contributed by atoms with Crippen LogP contribution in [0.4, 0.5) is 11.5 Å². The Hall–Kier alpha value is -1.80. The highest BCUT2D eigenvalue weighted by atomic mass is 16.3. The summed E-state index contributed by atoms with van der Waals surface area (Å²) in [5, 5.41) is 17.9. The third-order valence-electron chi connectivity index (χ3n) is 2.27. The molecule has 0 aliphatic heterocycles. The van der Waals surface area contributed by atoms with E-state index >= 15 is 0 Å². The van der Waals surface area contributed by atoms with Crippen LogP contribution in [0.15, 0.2) is 12.3 Å². The molecule has 5 heteroatoms. The first-order valence-corrected chi connectivity index (χ1v) is 4.59. The van der Waals surface area contributed by atoms with Crippen LogP contribution in [0.1, 0.15) is 12.5 Å². The molecule has 0 aliphatic rings. The van der Waals surface area contributed by atoms with Gasteiger partial charge in [0.25, 0.3) is 0 Å². The van der Waals surface area contributed by atoms with Crippen LogP contribution in [0.25, 0.3) is 0 Å². The number of nitrogen functional groups attached to an aromatic ring is 1. The average Bonchev–Trinajstić information content (AvgIpc) is 2.26. The molecule has 1 rings (SSSR count). The minimum absolute atomic E-state index is 0.00737. The molecule has 3 N–H and O–H groups in total. The fraction of sp³-hybridized carbons (Fsp3) is 0.400. The number of hydrogen-bond donors (Lipinski definition) is 2. The van der Waals surface area contributed by atoms with Gasteiger partial charge in [-0.1, -0.05) is 0 Å². The van der Waals surface area contributed by atoms with E-state index in [4.69, 9.17) is 16.1 Å². The Labute approximate surface area is 88.8 Å².